The Kier molecular flexibility index (Phi) is 3.93. The van der Waals surface area contributed by atoms with Crippen molar-refractivity contribution in [3.05, 3.63) is 36.2 Å². The van der Waals surface area contributed by atoms with Crippen molar-refractivity contribution >= 4 is 18.0 Å². The minimum atomic E-state index is 0. The quantitative estimate of drug-likeness (QED) is 0.742. The molecule has 0 amide bonds. The first kappa shape index (κ1) is 10.2. The molecule has 2 heterocycles. The summed E-state index contributed by atoms with van der Waals surface area (Å²) in [5.74, 6) is 0. The van der Waals surface area contributed by atoms with Crippen molar-refractivity contribution in [2.45, 2.75) is 6.42 Å². The lowest BCUT2D eigenvalue weighted by Gasteiger charge is -2.12. The number of nitrogens with one attached hydrogen (secondary N) is 1. The summed E-state index contributed by atoms with van der Waals surface area (Å²) in [5, 5.41) is 3.28. The third-order valence-electron chi connectivity index (χ3n) is 2.06. The molecule has 0 fully saturated rings. The van der Waals surface area contributed by atoms with E-state index in [2.05, 4.69) is 22.4 Å². The first-order chi connectivity index (χ1) is 5.97. The molecule has 2 rings (SSSR count). The third kappa shape index (κ3) is 2.54. The predicted molar refractivity (Wildman–Crippen MR) is 56.9 cm³/mol. The molecule has 2 nitrogen and oxygen atoms in total. The van der Waals surface area contributed by atoms with Crippen LogP contribution in [0, 0.1) is 0 Å². The van der Waals surface area contributed by atoms with E-state index in [-0.39, 0.29) is 12.4 Å². The van der Waals surface area contributed by atoms with Crippen molar-refractivity contribution in [1.29, 1.82) is 0 Å². The molecule has 1 aromatic heterocycles. The maximum atomic E-state index is 4.31. The Morgan fingerprint density at radius 2 is 2.23 bits per heavy atom. The number of hydrogen-bond acceptors (Lipinski definition) is 2. The van der Waals surface area contributed by atoms with Crippen LogP contribution in [-0.2, 0) is 0 Å². The molecular formula is C10H13ClN2. The van der Waals surface area contributed by atoms with E-state index in [1.54, 1.807) is 0 Å². The highest BCUT2D eigenvalue weighted by Gasteiger charge is 2.04. The van der Waals surface area contributed by atoms with Gasteiger partial charge in [0.1, 0.15) is 0 Å². The Labute approximate surface area is 84.5 Å². The molecule has 0 unspecified atom stereocenters. The zero-order chi connectivity index (χ0) is 8.23. The first-order valence-corrected chi connectivity index (χ1v) is 4.28. The molecule has 70 valence electrons. The van der Waals surface area contributed by atoms with Gasteiger partial charge in [-0.2, -0.15) is 0 Å². The van der Waals surface area contributed by atoms with Crippen LogP contribution in [0.5, 0.6) is 0 Å². The Morgan fingerprint density at radius 3 is 2.85 bits per heavy atom. The summed E-state index contributed by atoms with van der Waals surface area (Å²) in [6, 6.07) is 6.05. The third-order valence-corrected chi connectivity index (χ3v) is 2.06. The molecule has 1 N–H and O–H groups in total. The van der Waals surface area contributed by atoms with Gasteiger partial charge in [0.2, 0.25) is 0 Å². The second-order valence-electron chi connectivity index (χ2n) is 2.90. The Bertz CT molecular complexity index is 282. The van der Waals surface area contributed by atoms with Gasteiger partial charge in [-0.05, 0) is 30.7 Å². The van der Waals surface area contributed by atoms with Crippen LogP contribution in [-0.4, -0.2) is 18.1 Å². The molecule has 1 aliphatic rings. The van der Waals surface area contributed by atoms with E-state index in [0.717, 1.165) is 25.2 Å². The molecule has 0 bridgehead atoms. The molecule has 0 aliphatic carbocycles. The predicted octanol–water partition coefficient (Wildman–Crippen LogP) is 1.88. The number of hydrogen-bond donors (Lipinski definition) is 1. The fourth-order valence-corrected chi connectivity index (χ4v) is 1.41. The fourth-order valence-electron chi connectivity index (χ4n) is 1.41. The monoisotopic (exact) mass is 196 g/mol. The van der Waals surface area contributed by atoms with Crippen LogP contribution in [0.4, 0.5) is 0 Å². The van der Waals surface area contributed by atoms with E-state index in [4.69, 9.17) is 0 Å². The maximum absolute atomic E-state index is 4.31. The van der Waals surface area contributed by atoms with E-state index in [1.165, 1.54) is 5.57 Å². The van der Waals surface area contributed by atoms with Crippen LogP contribution in [0.1, 0.15) is 12.1 Å². The van der Waals surface area contributed by atoms with Gasteiger partial charge in [0.15, 0.2) is 0 Å². The second-order valence-corrected chi connectivity index (χ2v) is 2.90. The lowest BCUT2D eigenvalue weighted by molar-refractivity contribution is 0.737. The second kappa shape index (κ2) is 5.00. The molecule has 0 atom stereocenters. The summed E-state index contributed by atoms with van der Waals surface area (Å²) in [4.78, 5) is 4.31. The number of rotatable bonds is 1. The Morgan fingerprint density at radius 1 is 1.31 bits per heavy atom. The zero-order valence-electron chi connectivity index (χ0n) is 7.36. The van der Waals surface area contributed by atoms with Crippen molar-refractivity contribution in [1.82, 2.24) is 10.3 Å². The van der Waals surface area contributed by atoms with Crippen LogP contribution in [0.25, 0.3) is 5.57 Å². The minimum Gasteiger partial charge on any atom is -0.313 e. The van der Waals surface area contributed by atoms with Gasteiger partial charge < -0.3 is 5.32 Å². The van der Waals surface area contributed by atoms with Gasteiger partial charge in [0, 0.05) is 12.7 Å². The Hall–Kier alpha value is -0.860. The number of pyridine rings is 1. The minimum absolute atomic E-state index is 0. The highest BCUT2D eigenvalue weighted by Crippen LogP contribution is 2.16. The van der Waals surface area contributed by atoms with E-state index >= 15 is 0 Å². The lowest BCUT2D eigenvalue weighted by Crippen LogP contribution is -2.20. The van der Waals surface area contributed by atoms with Gasteiger partial charge in [-0.25, -0.2) is 0 Å². The molecule has 3 heteroatoms. The van der Waals surface area contributed by atoms with Gasteiger partial charge >= 0.3 is 0 Å². The fraction of sp³-hybridized carbons (Fsp3) is 0.300. The standard InChI is InChI=1S/C10H12N2.ClH/c1-2-6-12-10(3-1)9-4-7-11-8-5-9;/h1-4,6,11H,5,7-8H2;1H. The van der Waals surface area contributed by atoms with Crippen LogP contribution < -0.4 is 5.32 Å². The summed E-state index contributed by atoms with van der Waals surface area (Å²) in [5.41, 5.74) is 2.49. The van der Waals surface area contributed by atoms with Gasteiger partial charge in [0.25, 0.3) is 0 Å². The van der Waals surface area contributed by atoms with Crippen molar-refractivity contribution in [2.75, 3.05) is 13.1 Å². The molecule has 1 aromatic rings. The first-order valence-electron chi connectivity index (χ1n) is 4.28. The molecular weight excluding hydrogens is 184 g/mol. The summed E-state index contributed by atoms with van der Waals surface area (Å²) < 4.78 is 0. The largest absolute Gasteiger partial charge is 0.313 e. The Balaban J connectivity index is 0.000000845. The highest BCUT2D eigenvalue weighted by atomic mass is 35.5. The summed E-state index contributed by atoms with van der Waals surface area (Å²) in [6.07, 6.45) is 5.15. The molecule has 0 saturated carbocycles. The van der Waals surface area contributed by atoms with E-state index in [9.17, 15) is 0 Å². The molecule has 0 radical (unpaired) electrons. The normalized spacial score (nSPS) is 15.8. The SMILES string of the molecule is C1=C(c2ccccn2)CCNC1.Cl. The summed E-state index contributed by atoms with van der Waals surface area (Å²) in [6.45, 7) is 2.05. The zero-order valence-corrected chi connectivity index (χ0v) is 8.18. The van der Waals surface area contributed by atoms with Gasteiger partial charge in [-0.1, -0.05) is 12.1 Å². The van der Waals surface area contributed by atoms with Gasteiger partial charge in [0.05, 0.1) is 5.69 Å². The lowest BCUT2D eigenvalue weighted by atomic mass is 10.1. The molecule has 1 aliphatic heterocycles. The van der Waals surface area contributed by atoms with E-state index in [0.29, 0.717) is 0 Å². The average Bonchev–Trinajstić information content (AvgIpc) is 2.21. The van der Waals surface area contributed by atoms with Gasteiger partial charge in [-0.3, -0.25) is 4.98 Å². The molecule has 0 aromatic carbocycles. The van der Waals surface area contributed by atoms with Crippen LogP contribution >= 0.6 is 12.4 Å². The van der Waals surface area contributed by atoms with Crippen LogP contribution in [0.2, 0.25) is 0 Å². The van der Waals surface area contributed by atoms with Crippen molar-refractivity contribution in [3.8, 4) is 0 Å². The number of aromatic nitrogens is 1. The van der Waals surface area contributed by atoms with Crippen molar-refractivity contribution in [3.63, 3.8) is 0 Å². The van der Waals surface area contributed by atoms with E-state index in [1.807, 2.05) is 18.3 Å². The molecule has 0 saturated heterocycles. The summed E-state index contributed by atoms with van der Waals surface area (Å²) >= 11 is 0. The topological polar surface area (TPSA) is 24.9 Å². The smallest absolute Gasteiger partial charge is 0.0659 e. The van der Waals surface area contributed by atoms with Gasteiger partial charge in [-0.15, -0.1) is 12.4 Å². The molecule has 0 spiro atoms. The van der Waals surface area contributed by atoms with Crippen molar-refractivity contribution in [2.24, 2.45) is 0 Å². The van der Waals surface area contributed by atoms with E-state index < -0.39 is 0 Å². The number of halogens is 1. The number of nitrogens with zero attached hydrogens (tertiary/aromatic N) is 1. The maximum Gasteiger partial charge on any atom is 0.0659 e. The molecule has 13 heavy (non-hydrogen) atoms. The highest BCUT2D eigenvalue weighted by molar-refractivity contribution is 5.85. The van der Waals surface area contributed by atoms with Crippen LogP contribution in [0.15, 0.2) is 30.5 Å². The van der Waals surface area contributed by atoms with Crippen molar-refractivity contribution < 1.29 is 0 Å². The average molecular weight is 197 g/mol. The van der Waals surface area contributed by atoms with Crippen LogP contribution in [0.3, 0.4) is 0 Å². The summed E-state index contributed by atoms with van der Waals surface area (Å²) in [7, 11) is 0.